The lowest BCUT2D eigenvalue weighted by atomic mass is 10.0. The van der Waals surface area contributed by atoms with E-state index < -0.39 is 0 Å². The standard InChI is InChI=1S/C20H35N.C3H8.C2H6.CH4O.CH2O/c1-3-5-7-8-9-10-11-12-19-13-15-20(16-14-19)18-21-17-6-4-2;1-3-2;3*1-2/h13-16,21H,3-12,17-18H2,1-2H3;3H2,1-2H3;1-2H3;2H,1H3;1H2. The van der Waals surface area contributed by atoms with Gasteiger partial charge in [-0.3, -0.25) is 0 Å². The molecule has 0 spiro atoms. The van der Waals surface area contributed by atoms with Crippen LogP contribution in [0.25, 0.3) is 0 Å². The number of aliphatic hydroxyl groups excluding tert-OH is 1. The number of unbranched alkanes of at least 4 members (excludes halogenated alkanes) is 7. The highest BCUT2D eigenvalue weighted by Crippen LogP contribution is 2.11. The fourth-order valence-corrected chi connectivity index (χ4v) is 2.64. The van der Waals surface area contributed by atoms with E-state index in [-0.39, 0.29) is 0 Å². The number of carbonyl (C=O) groups excluding carboxylic acids is 1. The molecular formula is C27H55NO2. The molecule has 0 amide bonds. The zero-order valence-electron chi connectivity index (χ0n) is 21.6. The maximum atomic E-state index is 8.00. The molecule has 1 rings (SSSR count). The molecule has 3 heteroatoms. The Bertz CT molecular complexity index is 366. The van der Waals surface area contributed by atoms with E-state index in [4.69, 9.17) is 9.90 Å². The highest BCUT2D eigenvalue weighted by atomic mass is 16.2. The summed E-state index contributed by atoms with van der Waals surface area (Å²) in [6, 6.07) is 9.20. The molecule has 1 aromatic carbocycles. The van der Waals surface area contributed by atoms with Crippen molar-refractivity contribution in [3.05, 3.63) is 35.4 Å². The number of benzene rings is 1. The number of carbonyl (C=O) groups is 1. The van der Waals surface area contributed by atoms with Gasteiger partial charge in [-0.2, -0.15) is 0 Å². The number of aryl methyl sites for hydroxylation is 1. The lowest BCUT2D eigenvalue weighted by molar-refractivity contribution is -0.0979. The molecule has 0 aromatic heterocycles. The lowest BCUT2D eigenvalue weighted by Gasteiger charge is -2.06. The summed E-state index contributed by atoms with van der Waals surface area (Å²) in [6.45, 7) is 16.9. The van der Waals surface area contributed by atoms with Crippen molar-refractivity contribution in [2.24, 2.45) is 0 Å². The van der Waals surface area contributed by atoms with E-state index in [1.165, 1.54) is 81.8 Å². The van der Waals surface area contributed by atoms with E-state index in [1.807, 2.05) is 20.6 Å². The van der Waals surface area contributed by atoms with Gasteiger partial charge in [0.05, 0.1) is 0 Å². The summed E-state index contributed by atoms with van der Waals surface area (Å²) in [5.74, 6) is 0. The molecule has 0 heterocycles. The second kappa shape index (κ2) is 38.4. The molecule has 2 N–H and O–H groups in total. The van der Waals surface area contributed by atoms with Crippen LogP contribution in [0.1, 0.15) is 117 Å². The number of aliphatic hydroxyl groups is 1. The van der Waals surface area contributed by atoms with Crippen LogP contribution in [0.2, 0.25) is 0 Å². The van der Waals surface area contributed by atoms with E-state index in [0.717, 1.165) is 20.2 Å². The predicted octanol–water partition coefficient (Wildman–Crippen LogP) is 7.74. The number of hydrogen-bond acceptors (Lipinski definition) is 3. The average Bonchev–Trinajstić information content (AvgIpc) is 2.81. The molecule has 0 unspecified atom stereocenters. The van der Waals surface area contributed by atoms with Gasteiger partial charge < -0.3 is 15.2 Å². The molecule has 0 bridgehead atoms. The molecular weight excluding hydrogens is 370 g/mol. The Labute approximate surface area is 190 Å². The molecule has 0 aliphatic rings. The largest absolute Gasteiger partial charge is 0.400 e. The summed E-state index contributed by atoms with van der Waals surface area (Å²) < 4.78 is 0. The van der Waals surface area contributed by atoms with E-state index in [2.05, 4.69) is 57.3 Å². The molecule has 180 valence electrons. The second-order valence-corrected chi connectivity index (χ2v) is 6.93. The summed E-state index contributed by atoms with van der Waals surface area (Å²) >= 11 is 0. The van der Waals surface area contributed by atoms with Crippen molar-refractivity contribution in [1.29, 1.82) is 0 Å². The second-order valence-electron chi connectivity index (χ2n) is 6.93. The van der Waals surface area contributed by atoms with Crippen LogP contribution in [0, 0.1) is 0 Å². The zero-order valence-corrected chi connectivity index (χ0v) is 21.6. The van der Waals surface area contributed by atoms with Gasteiger partial charge in [0.25, 0.3) is 0 Å². The highest BCUT2D eigenvalue weighted by Gasteiger charge is 1.96. The lowest BCUT2D eigenvalue weighted by Crippen LogP contribution is -2.14. The first kappa shape index (κ1) is 36.2. The Morgan fingerprint density at radius 3 is 1.57 bits per heavy atom. The highest BCUT2D eigenvalue weighted by molar-refractivity contribution is 5.22. The van der Waals surface area contributed by atoms with E-state index in [9.17, 15) is 0 Å². The van der Waals surface area contributed by atoms with Crippen LogP contribution in [-0.2, 0) is 17.8 Å². The maximum Gasteiger partial charge on any atom is 0.106 e. The fourth-order valence-electron chi connectivity index (χ4n) is 2.64. The average molecular weight is 426 g/mol. The molecule has 1 aromatic rings. The first-order valence-electron chi connectivity index (χ1n) is 12.3. The van der Waals surface area contributed by atoms with Crippen molar-refractivity contribution in [3.63, 3.8) is 0 Å². The van der Waals surface area contributed by atoms with Crippen LogP contribution in [0.3, 0.4) is 0 Å². The quantitative estimate of drug-likeness (QED) is 0.318. The first-order valence-corrected chi connectivity index (χ1v) is 12.3. The SMILES string of the molecule is C=O.CC.CCC.CCCCCCCCCc1ccc(CNCCCC)cc1.CO. The minimum atomic E-state index is 1.00. The zero-order chi connectivity index (χ0) is 23.9. The van der Waals surface area contributed by atoms with Crippen LogP contribution in [0.5, 0.6) is 0 Å². The Kier molecular flexibility index (Phi) is 46.4. The molecule has 0 saturated heterocycles. The Hall–Kier alpha value is -1.19. The van der Waals surface area contributed by atoms with Crippen molar-refractivity contribution >= 4 is 6.79 Å². The summed E-state index contributed by atoms with van der Waals surface area (Å²) in [4.78, 5) is 8.00. The van der Waals surface area contributed by atoms with Crippen LogP contribution in [0.15, 0.2) is 24.3 Å². The van der Waals surface area contributed by atoms with Gasteiger partial charge in [0.1, 0.15) is 6.79 Å². The van der Waals surface area contributed by atoms with Crippen LogP contribution in [-0.4, -0.2) is 25.6 Å². The summed E-state index contributed by atoms with van der Waals surface area (Å²) in [7, 11) is 1.00. The Morgan fingerprint density at radius 1 is 0.700 bits per heavy atom. The van der Waals surface area contributed by atoms with Crippen molar-refractivity contribution in [2.75, 3.05) is 13.7 Å². The third-order valence-corrected chi connectivity index (χ3v) is 4.13. The number of hydrogen-bond donors (Lipinski definition) is 2. The third kappa shape index (κ3) is 31.5. The maximum absolute atomic E-state index is 8.00. The summed E-state index contributed by atoms with van der Waals surface area (Å²) in [6.07, 6.45) is 14.8. The number of nitrogens with one attached hydrogen (secondary N) is 1. The minimum absolute atomic E-state index is 1.00. The predicted molar refractivity (Wildman–Crippen MR) is 137 cm³/mol. The van der Waals surface area contributed by atoms with Gasteiger partial charge in [0.2, 0.25) is 0 Å². The molecule has 0 aliphatic heterocycles. The monoisotopic (exact) mass is 425 g/mol. The topological polar surface area (TPSA) is 49.3 Å². The first-order chi connectivity index (χ1) is 14.8. The van der Waals surface area contributed by atoms with E-state index in [1.54, 1.807) is 0 Å². The molecule has 3 nitrogen and oxygen atoms in total. The van der Waals surface area contributed by atoms with Gasteiger partial charge >= 0.3 is 0 Å². The van der Waals surface area contributed by atoms with Crippen LogP contribution >= 0.6 is 0 Å². The molecule has 0 radical (unpaired) electrons. The van der Waals surface area contributed by atoms with Gasteiger partial charge in [0, 0.05) is 13.7 Å². The van der Waals surface area contributed by atoms with Crippen LogP contribution in [0.4, 0.5) is 0 Å². The normalized spacial score (nSPS) is 8.80. The van der Waals surface area contributed by atoms with Gasteiger partial charge in [-0.05, 0) is 36.9 Å². The van der Waals surface area contributed by atoms with Gasteiger partial charge in [-0.25, -0.2) is 0 Å². The third-order valence-electron chi connectivity index (χ3n) is 4.13. The Balaban J connectivity index is -0.000000327. The van der Waals surface area contributed by atoms with Crippen molar-refractivity contribution < 1.29 is 9.90 Å². The Morgan fingerprint density at radius 2 is 1.10 bits per heavy atom. The van der Waals surface area contributed by atoms with Gasteiger partial charge in [0.15, 0.2) is 0 Å². The molecule has 30 heavy (non-hydrogen) atoms. The minimum Gasteiger partial charge on any atom is -0.400 e. The smallest absolute Gasteiger partial charge is 0.106 e. The van der Waals surface area contributed by atoms with Crippen molar-refractivity contribution in [1.82, 2.24) is 5.32 Å². The van der Waals surface area contributed by atoms with Crippen LogP contribution < -0.4 is 5.32 Å². The van der Waals surface area contributed by atoms with Gasteiger partial charge in [-0.1, -0.05) is 117 Å². The summed E-state index contributed by atoms with van der Waals surface area (Å²) in [5.41, 5.74) is 2.91. The molecule has 0 fully saturated rings. The summed E-state index contributed by atoms with van der Waals surface area (Å²) in [5, 5.41) is 10.5. The van der Waals surface area contributed by atoms with Crippen molar-refractivity contribution in [2.45, 2.75) is 119 Å². The van der Waals surface area contributed by atoms with E-state index >= 15 is 0 Å². The fraction of sp³-hybridized carbons (Fsp3) is 0.741. The number of rotatable bonds is 13. The van der Waals surface area contributed by atoms with Gasteiger partial charge in [-0.15, -0.1) is 0 Å². The van der Waals surface area contributed by atoms with E-state index in [0.29, 0.717) is 0 Å². The van der Waals surface area contributed by atoms with Crippen molar-refractivity contribution in [3.8, 4) is 0 Å². The molecule has 0 aliphatic carbocycles. The molecule has 0 atom stereocenters. The molecule has 0 saturated carbocycles.